The maximum absolute atomic E-state index is 14.0. The lowest BCUT2D eigenvalue weighted by Gasteiger charge is -2.33. The average molecular weight is 383 g/mol. The van der Waals surface area contributed by atoms with Crippen LogP contribution in [0.25, 0.3) is 11.1 Å². The number of benzene rings is 2. The van der Waals surface area contributed by atoms with Crippen LogP contribution < -0.4 is 5.32 Å². The van der Waals surface area contributed by atoms with Gasteiger partial charge in [-0.15, -0.1) is 0 Å². The van der Waals surface area contributed by atoms with Crippen LogP contribution in [0.1, 0.15) is 43.7 Å². The third-order valence-corrected chi connectivity index (χ3v) is 5.24. The Morgan fingerprint density at radius 2 is 1.44 bits per heavy atom. The third kappa shape index (κ3) is 4.00. The minimum atomic E-state index is -4.35. The molecule has 0 aliphatic heterocycles. The fraction of sp³-hybridized carbons (Fsp3) is 0.429. The Hall–Kier alpha value is -1.95. The lowest BCUT2D eigenvalue weighted by atomic mass is 9.74. The van der Waals surface area contributed by atoms with Gasteiger partial charge in [-0.2, -0.15) is 13.2 Å². The smallest absolute Gasteiger partial charge is 0.307 e. The van der Waals surface area contributed by atoms with Crippen LogP contribution in [0.5, 0.6) is 0 Å². The Balaban J connectivity index is 2.09. The van der Waals surface area contributed by atoms with Crippen LogP contribution in [0, 0.1) is 11.6 Å². The first kappa shape index (κ1) is 19.8. The minimum absolute atomic E-state index is 0.0247. The highest BCUT2D eigenvalue weighted by atomic mass is 19.4. The van der Waals surface area contributed by atoms with Gasteiger partial charge in [-0.1, -0.05) is 38.3 Å². The van der Waals surface area contributed by atoms with E-state index < -0.39 is 29.8 Å². The molecule has 1 N–H and O–H groups in total. The fourth-order valence-corrected chi connectivity index (χ4v) is 4.08. The standard InChI is InChI=1S/C21H22F5N/c1-2-3-4-9-20(12-27-13-21(24,25)26)18-10-14(22)5-7-16(18)17-8-6-15(23)11-19(17)20/h5-8,10-11,27H,2-4,9,12-13H2,1H3. The van der Waals surface area contributed by atoms with Crippen molar-refractivity contribution < 1.29 is 22.0 Å². The molecule has 0 aromatic heterocycles. The van der Waals surface area contributed by atoms with Gasteiger partial charge in [0, 0.05) is 12.0 Å². The molecule has 0 unspecified atom stereocenters. The number of rotatable bonds is 7. The molecular weight excluding hydrogens is 361 g/mol. The van der Waals surface area contributed by atoms with Crippen molar-refractivity contribution in [2.24, 2.45) is 0 Å². The highest BCUT2D eigenvalue weighted by Gasteiger charge is 2.43. The van der Waals surface area contributed by atoms with E-state index in [1.54, 1.807) is 12.1 Å². The van der Waals surface area contributed by atoms with Crippen LogP contribution in [-0.2, 0) is 5.41 Å². The van der Waals surface area contributed by atoms with Crippen molar-refractivity contribution in [3.8, 4) is 11.1 Å². The Bertz CT molecular complexity index is 761. The first-order valence-corrected chi connectivity index (χ1v) is 9.15. The van der Waals surface area contributed by atoms with E-state index in [9.17, 15) is 22.0 Å². The van der Waals surface area contributed by atoms with Gasteiger partial charge in [0.25, 0.3) is 0 Å². The summed E-state index contributed by atoms with van der Waals surface area (Å²) in [6.45, 7) is 0.866. The largest absolute Gasteiger partial charge is 0.401 e. The third-order valence-electron chi connectivity index (χ3n) is 5.24. The Morgan fingerprint density at radius 1 is 0.889 bits per heavy atom. The molecule has 27 heavy (non-hydrogen) atoms. The molecular formula is C21H22F5N. The van der Waals surface area contributed by atoms with Gasteiger partial charge in [-0.25, -0.2) is 8.78 Å². The van der Waals surface area contributed by atoms with Crippen molar-refractivity contribution in [2.45, 2.75) is 44.2 Å². The van der Waals surface area contributed by atoms with Crippen LogP contribution in [0.15, 0.2) is 36.4 Å². The van der Waals surface area contributed by atoms with E-state index in [2.05, 4.69) is 5.32 Å². The molecule has 0 heterocycles. The highest BCUT2D eigenvalue weighted by molar-refractivity contribution is 5.81. The summed E-state index contributed by atoms with van der Waals surface area (Å²) in [6, 6.07) is 8.69. The molecule has 1 aliphatic carbocycles. The number of fused-ring (bicyclic) bond motifs is 3. The molecule has 0 saturated carbocycles. The van der Waals surface area contributed by atoms with E-state index in [0.29, 0.717) is 17.5 Å². The van der Waals surface area contributed by atoms with Gasteiger partial charge in [0.2, 0.25) is 0 Å². The lowest BCUT2D eigenvalue weighted by molar-refractivity contribution is -0.125. The van der Waals surface area contributed by atoms with Gasteiger partial charge in [0.1, 0.15) is 11.6 Å². The molecule has 0 amide bonds. The Labute approximate surface area is 155 Å². The summed E-state index contributed by atoms with van der Waals surface area (Å²) in [5, 5.41) is 2.49. The zero-order valence-electron chi connectivity index (χ0n) is 15.1. The van der Waals surface area contributed by atoms with Gasteiger partial charge in [0.15, 0.2) is 0 Å². The Morgan fingerprint density at radius 3 is 1.93 bits per heavy atom. The van der Waals surface area contributed by atoms with E-state index in [4.69, 9.17) is 0 Å². The van der Waals surface area contributed by atoms with E-state index in [0.717, 1.165) is 30.4 Å². The summed E-state index contributed by atoms with van der Waals surface area (Å²) in [5.74, 6) is -0.893. The second-order valence-electron chi connectivity index (χ2n) is 7.14. The lowest BCUT2D eigenvalue weighted by Crippen LogP contribution is -2.41. The molecule has 1 nitrogen and oxygen atoms in total. The number of hydrogen-bond donors (Lipinski definition) is 1. The molecule has 6 heteroatoms. The molecule has 0 radical (unpaired) electrons. The summed E-state index contributed by atoms with van der Waals surface area (Å²) in [4.78, 5) is 0. The summed E-state index contributed by atoms with van der Waals surface area (Å²) in [5.41, 5.74) is 1.91. The number of halogens is 5. The molecule has 2 aromatic carbocycles. The molecule has 1 aliphatic rings. The van der Waals surface area contributed by atoms with Crippen LogP contribution in [0.4, 0.5) is 22.0 Å². The molecule has 0 fully saturated rings. The quantitative estimate of drug-likeness (QED) is 0.459. The Kier molecular flexibility index (Phi) is 5.56. The molecule has 146 valence electrons. The van der Waals surface area contributed by atoms with Gasteiger partial charge in [0.05, 0.1) is 6.54 Å². The fourth-order valence-electron chi connectivity index (χ4n) is 4.08. The van der Waals surface area contributed by atoms with Crippen molar-refractivity contribution in [3.05, 3.63) is 59.2 Å². The maximum Gasteiger partial charge on any atom is 0.401 e. The summed E-state index contributed by atoms with van der Waals surface area (Å²) >= 11 is 0. The van der Waals surface area contributed by atoms with Crippen molar-refractivity contribution in [2.75, 3.05) is 13.1 Å². The van der Waals surface area contributed by atoms with E-state index >= 15 is 0 Å². The van der Waals surface area contributed by atoms with Gasteiger partial charge < -0.3 is 5.32 Å². The van der Waals surface area contributed by atoms with Gasteiger partial charge in [-0.3, -0.25) is 0 Å². The van der Waals surface area contributed by atoms with E-state index in [1.165, 1.54) is 24.3 Å². The number of nitrogens with one attached hydrogen (secondary N) is 1. The SMILES string of the molecule is CCCCCC1(CNCC(F)(F)F)c2cc(F)ccc2-c2ccc(F)cc21. The van der Waals surface area contributed by atoms with Crippen molar-refractivity contribution in [1.29, 1.82) is 0 Å². The molecule has 2 aromatic rings. The summed E-state index contributed by atoms with van der Waals surface area (Å²) < 4.78 is 66.2. The topological polar surface area (TPSA) is 12.0 Å². The van der Waals surface area contributed by atoms with Crippen molar-refractivity contribution in [1.82, 2.24) is 5.32 Å². The molecule has 0 bridgehead atoms. The number of alkyl halides is 3. The van der Waals surface area contributed by atoms with Gasteiger partial charge >= 0.3 is 6.18 Å². The number of hydrogen-bond acceptors (Lipinski definition) is 1. The van der Waals surface area contributed by atoms with Crippen LogP contribution >= 0.6 is 0 Å². The molecule has 0 atom stereocenters. The van der Waals surface area contributed by atoms with Crippen LogP contribution in [0.2, 0.25) is 0 Å². The first-order valence-electron chi connectivity index (χ1n) is 9.15. The first-order chi connectivity index (χ1) is 12.8. The number of unbranched alkanes of at least 4 members (excludes halogenated alkanes) is 2. The van der Waals surface area contributed by atoms with Gasteiger partial charge in [-0.05, 0) is 52.9 Å². The summed E-state index contributed by atoms with van der Waals surface area (Å²) in [7, 11) is 0. The zero-order chi connectivity index (χ0) is 19.7. The minimum Gasteiger partial charge on any atom is -0.307 e. The average Bonchev–Trinajstić information content (AvgIpc) is 2.84. The second-order valence-corrected chi connectivity index (χ2v) is 7.14. The monoisotopic (exact) mass is 383 g/mol. The van der Waals surface area contributed by atoms with Crippen molar-refractivity contribution in [3.63, 3.8) is 0 Å². The van der Waals surface area contributed by atoms with E-state index in [1.807, 2.05) is 6.92 Å². The maximum atomic E-state index is 14.0. The molecule has 3 rings (SSSR count). The summed E-state index contributed by atoms with van der Waals surface area (Å²) in [6.07, 6.45) is -1.22. The van der Waals surface area contributed by atoms with Crippen molar-refractivity contribution >= 4 is 0 Å². The predicted molar refractivity (Wildman–Crippen MR) is 95.6 cm³/mol. The van der Waals surface area contributed by atoms with Crippen LogP contribution in [-0.4, -0.2) is 19.3 Å². The highest BCUT2D eigenvalue weighted by Crippen LogP contribution is 2.51. The zero-order valence-corrected chi connectivity index (χ0v) is 15.1. The molecule has 0 saturated heterocycles. The second kappa shape index (κ2) is 7.58. The normalized spacial score (nSPS) is 14.9. The molecule has 0 spiro atoms. The predicted octanol–water partition coefficient (Wildman–Crippen LogP) is 5.96. The van der Waals surface area contributed by atoms with Crippen LogP contribution in [0.3, 0.4) is 0 Å². The van der Waals surface area contributed by atoms with E-state index in [-0.39, 0.29) is 6.54 Å².